The topological polar surface area (TPSA) is 71.8 Å². The Hall–Kier alpha value is -2.73. The molecular formula is C19H21N5O. The number of pyridine rings is 1. The van der Waals surface area contributed by atoms with Gasteiger partial charge in [0.2, 0.25) is 5.91 Å². The lowest BCUT2D eigenvalue weighted by molar-refractivity contribution is -0.125. The molecule has 2 atom stereocenters. The van der Waals surface area contributed by atoms with Crippen molar-refractivity contribution >= 4 is 16.8 Å². The summed E-state index contributed by atoms with van der Waals surface area (Å²) in [5, 5.41) is 11.7. The third kappa shape index (κ3) is 3.13. The number of rotatable bonds is 4. The standard InChI is InChI=1S/C19H21N5O/c1-24-12-15(9-23-24)16-10-20-11-17(16)19(25)22-8-14-5-2-4-13-6-3-7-21-18(13)14/h2-7,9,12,16-17,20H,8,10-11H2,1H3,(H,22,25)/t16-,17+/m1/s1. The van der Waals surface area contributed by atoms with Gasteiger partial charge in [0, 0.05) is 50.4 Å². The first-order valence-corrected chi connectivity index (χ1v) is 8.52. The Kier molecular flexibility index (Phi) is 4.19. The van der Waals surface area contributed by atoms with Crippen molar-refractivity contribution in [3.05, 3.63) is 60.0 Å². The average Bonchev–Trinajstić information content (AvgIpc) is 3.28. The molecule has 128 valence electrons. The van der Waals surface area contributed by atoms with E-state index in [1.54, 1.807) is 10.9 Å². The van der Waals surface area contributed by atoms with Crippen molar-refractivity contribution < 1.29 is 4.79 Å². The highest BCUT2D eigenvalue weighted by Gasteiger charge is 2.34. The number of hydrogen-bond acceptors (Lipinski definition) is 4. The maximum absolute atomic E-state index is 12.7. The summed E-state index contributed by atoms with van der Waals surface area (Å²) in [4.78, 5) is 17.2. The number of aryl methyl sites for hydroxylation is 1. The number of aromatic nitrogens is 3. The van der Waals surface area contributed by atoms with E-state index in [0.717, 1.165) is 28.6 Å². The van der Waals surface area contributed by atoms with E-state index >= 15 is 0 Å². The Balaban J connectivity index is 1.48. The Bertz CT molecular complexity index is 898. The molecule has 1 aliphatic heterocycles. The van der Waals surface area contributed by atoms with Gasteiger partial charge in [0.25, 0.3) is 0 Å². The molecular weight excluding hydrogens is 314 g/mol. The van der Waals surface area contributed by atoms with Crippen molar-refractivity contribution in [1.29, 1.82) is 0 Å². The number of benzene rings is 1. The molecule has 0 bridgehead atoms. The Labute approximate surface area is 146 Å². The maximum Gasteiger partial charge on any atom is 0.225 e. The van der Waals surface area contributed by atoms with Crippen LogP contribution in [0.3, 0.4) is 0 Å². The van der Waals surface area contributed by atoms with Crippen LogP contribution in [-0.2, 0) is 18.4 Å². The molecule has 4 rings (SSSR count). The van der Waals surface area contributed by atoms with Crippen LogP contribution in [0.1, 0.15) is 17.0 Å². The van der Waals surface area contributed by atoms with Gasteiger partial charge in [-0.05, 0) is 17.2 Å². The van der Waals surface area contributed by atoms with E-state index in [1.807, 2.05) is 49.8 Å². The van der Waals surface area contributed by atoms with Crippen molar-refractivity contribution in [2.45, 2.75) is 12.5 Å². The fourth-order valence-electron chi connectivity index (χ4n) is 3.56. The predicted octanol–water partition coefficient (Wildman–Crippen LogP) is 1.59. The van der Waals surface area contributed by atoms with Crippen molar-refractivity contribution in [2.24, 2.45) is 13.0 Å². The molecule has 2 aromatic heterocycles. The van der Waals surface area contributed by atoms with Gasteiger partial charge in [0.05, 0.1) is 17.6 Å². The summed E-state index contributed by atoms with van der Waals surface area (Å²) in [5.41, 5.74) is 3.09. The summed E-state index contributed by atoms with van der Waals surface area (Å²) in [6, 6.07) is 10.0. The summed E-state index contributed by atoms with van der Waals surface area (Å²) in [6.45, 7) is 1.99. The lowest BCUT2D eigenvalue weighted by Crippen LogP contribution is -2.34. The molecule has 6 nitrogen and oxygen atoms in total. The molecule has 1 aromatic carbocycles. The quantitative estimate of drug-likeness (QED) is 0.759. The van der Waals surface area contributed by atoms with Gasteiger partial charge in [-0.3, -0.25) is 14.5 Å². The van der Waals surface area contributed by atoms with E-state index < -0.39 is 0 Å². The van der Waals surface area contributed by atoms with Crippen molar-refractivity contribution in [3.8, 4) is 0 Å². The first kappa shape index (κ1) is 15.8. The van der Waals surface area contributed by atoms with Gasteiger partial charge in [-0.2, -0.15) is 5.10 Å². The molecule has 25 heavy (non-hydrogen) atoms. The van der Waals surface area contributed by atoms with Crippen molar-refractivity contribution in [2.75, 3.05) is 13.1 Å². The van der Waals surface area contributed by atoms with Crippen LogP contribution in [0.4, 0.5) is 0 Å². The van der Waals surface area contributed by atoms with Gasteiger partial charge in [0.1, 0.15) is 0 Å². The van der Waals surface area contributed by atoms with E-state index in [1.165, 1.54) is 0 Å². The van der Waals surface area contributed by atoms with Crippen LogP contribution in [0.15, 0.2) is 48.9 Å². The number of nitrogens with one attached hydrogen (secondary N) is 2. The van der Waals surface area contributed by atoms with Crippen molar-refractivity contribution in [3.63, 3.8) is 0 Å². The Morgan fingerprint density at radius 2 is 2.20 bits per heavy atom. The molecule has 1 amide bonds. The summed E-state index contributed by atoms with van der Waals surface area (Å²) in [5.74, 6) is 0.165. The molecule has 0 spiro atoms. The Morgan fingerprint density at radius 1 is 1.32 bits per heavy atom. The van der Waals surface area contributed by atoms with Crippen LogP contribution >= 0.6 is 0 Å². The number of nitrogens with zero attached hydrogens (tertiary/aromatic N) is 3. The van der Waals surface area contributed by atoms with Gasteiger partial charge in [-0.25, -0.2) is 0 Å². The summed E-state index contributed by atoms with van der Waals surface area (Å²) in [7, 11) is 1.90. The minimum Gasteiger partial charge on any atom is -0.352 e. The molecule has 0 saturated carbocycles. The van der Waals surface area contributed by atoms with Gasteiger partial charge >= 0.3 is 0 Å². The molecule has 3 aromatic rings. The normalized spacial score (nSPS) is 20.0. The zero-order chi connectivity index (χ0) is 17.2. The van der Waals surface area contributed by atoms with E-state index in [0.29, 0.717) is 13.1 Å². The second-order valence-corrected chi connectivity index (χ2v) is 6.53. The molecule has 2 N–H and O–H groups in total. The molecule has 3 heterocycles. The van der Waals surface area contributed by atoms with E-state index in [4.69, 9.17) is 0 Å². The SMILES string of the molecule is Cn1cc([C@H]2CNC[C@@H]2C(=O)NCc2cccc3cccnc23)cn1. The van der Waals surface area contributed by atoms with Crippen LogP contribution in [0.5, 0.6) is 0 Å². The van der Waals surface area contributed by atoms with E-state index in [2.05, 4.69) is 20.7 Å². The highest BCUT2D eigenvalue weighted by Crippen LogP contribution is 2.28. The molecule has 6 heteroatoms. The monoisotopic (exact) mass is 335 g/mol. The number of carbonyl (C=O) groups excluding carboxylic acids is 1. The number of amides is 1. The second-order valence-electron chi connectivity index (χ2n) is 6.53. The molecule has 0 unspecified atom stereocenters. The van der Waals surface area contributed by atoms with Crippen molar-refractivity contribution in [1.82, 2.24) is 25.4 Å². The van der Waals surface area contributed by atoms with Crippen LogP contribution in [-0.4, -0.2) is 33.8 Å². The fraction of sp³-hybridized carbons (Fsp3) is 0.316. The zero-order valence-electron chi connectivity index (χ0n) is 14.1. The average molecular weight is 335 g/mol. The number of carbonyl (C=O) groups is 1. The smallest absolute Gasteiger partial charge is 0.225 e. The highest BCUT2D eigenvalue weighted by molar-refractivity contribution is 5.83. The Morgan fingerprint density at radius 3 is 3.04 bits per heavy atom. The first-order valence-electron chi connectivity index (χ1n) is 8.52. The van der Waals surface area contributed by atoms with Crippen LogP contribution in [0.25, 0.3) is 10.9 Å². The van der Waals surface area contributed by atoms with E-state index in [9.17, 15) is 4.79 Å². The second kappa shape index (κ2) is 6.64. The van der Waals surface area contributed by atoms with Gasteiger partial charge < -0.3 is 10.6 Å². The van der Waals surface area contributed by atoms with Crippen LogP contribution < -0.4 is 10.6 Å². The van der Waals surface area contributed by atoms with Gasteiger partial charge in [-0.15, -0.1) is 0 Å². The largest absolute Gasteiger partial charge is 0.352 e. The molecule has 0 radical (unpaired) electrons. The van der Waals surface area contributed by atoms with E-state index in [-0.39, 0.29) is 17.7 Å². The summed E-state index contributed by atoms with van der Waals surface area (Å²) in [6.07, 6.45) is 5.63. The van der Waals surface area contributed by atoms with Gasteiger partial charge in [0.15, 0.2) is 0 Å². The van der Waals surface area contributed by atoms with Gasteiger partial charge in [-0.1, -0.05) is 24.3 Å². The molecule has 1 fully saturated rings. The fourth-order valence-corrected chi connectivity index (χ4v) is 3.56. The number of para-hydroxylation sites is 1. The summed E-state index contributed by atoms with van der Waals surface area (Å²) < 4.78 is 1.78. The number of hydrogen-bond donors (Lipinski definition) is 2. The molecule has 1 saturated heterocycles. The van der Waals surface area contributed by atoms with Crippen LogP contribution in [0, 0.1) is 5.92 Å². The lowest BCUT2D eigenvalue weighted by Gasteiger charge is -2.17. The predicted molar refractivity (Wildman–Crippen MR) is 95.9 cm³/mol. The first-order chi connectivity index (χ1) is 12.2. The molecule has 0 aliphatic carbocycles. The number of fused-ring (bicyclic) bond motifs is 1. The molecule has 1 aliphatic rings. The lowest BCUT2D eigenvalue weighted by atomic mass is 9.90. The zero-order valence-corrected chi connectivity index (χ0v) is 14.1. The third-order valence-electron chi connectivity index (χ3n) is 4.87. The van der Waals surface area contributed by atoms with Crippen LogP contribution in [0.2, 0.25) is 0 Å². The minimum absolute atomic E-state index is 0.0757. The maximum atomic E-state index is 12.7. The third-order valence-corrected chi connectivity index (χ3v) is 4.87. The summed E-state index contributed by atoms with van der Waals surface area (Å²) >= 11 is 0. The highest BCUT2D eigenvalue weighted by atomic mass is 16.1. The minimum atomic E-state index is -0.0767.